The first-order chi connectivity index (χ1) is 18.3. The number of carbonyl (C=O) groups is 3. The molecule has 200 valence electrons. The molecule has 0 radical (unpaired) electrons. The van der Waals surface area contributed by atoms with Crippen LogP contribution in [0.2, 0.25) is 0 Å². The van der Waals surface area contributed by atoms with Gasteiger partial charge >= 0.3 is 0 Å². The number of aromatic nitrogens is 1. The monoisotopic (exact) mass is 539 g/mol. The molecule has 1 saturated carbocycles. The van der Waals surface area contributed by atoms with E-state index in [1.807, 2.05) is 6.92 Å². The molecule has 0 spiro atoms. The van der Waals surface area contributed by atoms with Gasteiger partial charge in [-0.25, -0.2) is 4.39 Å². The fraction of sp³-hybridized carbons (Fsp3) is 0.333. The molecule has 1 aromatic heterocycles. The summed E-state index contributed by atoms with van der Waals surface area (Å²) >= 11 is 0.741. The molecule has 0 aliphatic heterocycles. The van der Waals surface area contributed by atoms with E-state index in [1.54, 1.807) is 36.4 Å². The zero-order valence-electron chi connectivity index (χ0n) is 21.0. The number of hydrogen-bond donors (Lipinski definition) is 3. The third-order valence-corrected chi connectivity index (χ3v) is 7.30. The second-order valence-corrected chi connectivity index (χ2v) is 9.87. The quantitative estimate of drug-likeness (QED) is 0.358. The number of anilines is 1. The lowest BCUT2D eigenvalue weighted by atomic mass is 10.0. The van der Waals surface area contributed by atoms with Crippen LogP contribution in [0.5, 0.6) is 5.75 Å². The lowest BCUT2D eigenvalue weighted by molar-refractivity contribution is -0.126. The normalized spacial score (nSPS) is 14.2. The highest BCUT2D eigenvalue weighted by Gasteiger charge is 2.36. The number of carbonyl (C=O) groups excluding carboxylic acids is 3. The predicted molar refractivity (Wildman–Crippen MR) is 142 cm³/mol. The van der Waals surface area contributed by atoms with E-state index in [1.165, 1.54) is 17.0 Å². The Kier molecular flexibility index (Phi) is 8.57. The Labute approximate surface area is 224 Å². The van der Waals surface area contributed by atoms with Crippen molar-refractivity contribution in [3.63, 3.8) is 0 Å². The summed E-state index contributed by atoms with van der Waals surface area (Å²) < 4.78 is 23.1. The standard InChI is InChI=1S/C27H30FN5O4S/c1-2-37-20-13-9-17(10-14-20)23(26(35)31-19-5-3-4-6-19)33(15-16-7-11-18(28)12-8-16)27(36)24-21(29)22(25(30)34)32-38-24/h7-14,19,23H,2-6,15,29H2,1H3,(H2,30,34)(H,31,35)/t23-/m1/s1. The summed E-state index contributed by atoms with van der Waals surface area (Å²) in [5, 5.41) is 3.10. The number of nitrogen functional groups attached to an aromatic ring is 1. The molecule has 1 fully saturated rings. The fourth-order valence-corrected chi connectivity index (χ4v) is 5.32. The Morgan fingerprint density at radius 1 is 1.13 bits per heavy atom. The molecule has 1 aliphatic carbocycles. The third-order valence-electron chi connectivity index (χ3n) is 6.45. The Morgan fingerprint density at radius 2 is 1.79 bits per heavy atom. The molecule has 3 aromatic rings. The Morgan fingerprint density at radius 3 is 2.37 bits per heavy atom. The van der Waals surface area contributed by atoms with Crippen LogP contribution in [-0.2, 0) is 11.3 Å². The highest BCUT2D eigenvalue weighted by atomic mass is 32.1. The maximum Gasteiger partial charge on any atom is 0.270 e. The molecule has 1 atom stereocenters. The molecule has 4 rings (SSSR count). The maximum absolute atomic E-state index is 14.0. The highest BCUT2D eigenvalue weighted by Crippen LogP contribution is 2.32. The van der Waals surface area contributed by atoms with Crippen LogP contribution in [0, 0.1) is 5.82 Å². The molecule has 38 heavy (non-hydrogen) atoms. The van der Waals surface area contributed by atoms with Crippen molar-refractivity contribution in [3.8, 4) is 5.75 Å². The van der Waals surface area contributed by atoms with E-state index in [0.29, 0.717) is 23.5 Å². The number of hydrogen-bond acceptors (Lipinski definition) is 7. The summed E-state index contributed by atoms with van der Waals surface area (Å²) in [5.74, 6) is -1.61. The van der Waals surface area contributed by atoms with Crippen LogP contribution in [0.4, 0.5) is 10.1 Å². The fourth-order valence-electron chi connectivity index (χ4n) is 4.56. The van der Waals surface area contributed by atoms with E-state index >= 15 is 0 Å². The van der Waals surface area contributed by atoms with E-state index in [0.717, 1.165) is 37.2 Å². The van der Waals surface area contributed by atoms with Crippen LogP contribution >= 0.6 is 11.5 Å². The minimum absolute atomic E-state index is 0.00501. The summed E-state index contributed by atoms with van der Waals surface area (Å²) in [4.78, 5) is 40.9. The summed E-state index contributed by atoms with van der Waals surface area (Å²) in [7, 11) is 0. The molecule has 11 heteroatoms. The predicted octanol–water partition coefficient (Wildman–Crippen LogP) is 3.80. The molecule has 3 amide bonds. The molecule has 9 nitrogen and oxygen atoms in total. The minimum Gasteiger partial charge on any atom is -0.494 e. The van der Waals surface area contributed by atoms with Crippen molar-refractivity contribution in [1.82, 2.24) is 14.6 Å². The Bertz CT molecular complexity index is 1290. The van der Waals surface area contributed by atoms with Gasteiger partial charge in [-0.1, -0.05) is 37.1 Å². The van der Waals surface area contributed by atoms with E-state index in [-0.39, 0.29) is 34.8 Å². The van der Waals surface area contributed by atoms with Crippen molar-refractivity contribution in [2.75, 3.05) is 12.3 Å². The zero-order valence-corrected chi connectivity index (χ0v) is 21.8. The van der Waals surface area contributed by atoms with E-state index < -0.39 is 23.7 Å². The van der Waals surface area contributed by atoms with Gasteiger partial charge in [-0.15, -0.1) is 0 Å². The smallest absolute Gasteiger partial charge is 0.270 e. The van der Waals surface area contributed by atoms with Crippen LogP contribution in [0.15, 0.2) is 48.5 Å². The highest BCUT2D eigenvalue weighted by molar-refractivity contribution is 7.09. The van der Waals surface area contributed by atoms with Crippen molar-refractivity contribution < 1.29 is 23.5 Å². The van der Waals surface area contributed by atoms with Gasteiger partial charge in [0.2, 0.25) is 5.91 Å². The SMILES string of the molecule is CCOc1ccc([C@H](C(=O)NC2CCCC2)N(Cc2ccc(F)cc2)C(=O)c2snc(C(N)=O)c2N)cc1. The largest absolute Gasteiger partial charge is 0.494 e. The number of ether oxygens (including phenoxy) is 1. The zero-order chi connectivity index (χ0) is 27.2. The van der Waals surface area contributed by atoms with Gasteiger partial charge < -0.3 is 26.4 Å². The topological polar surface area (TPSA) is 141 Å². The number of amides is 3. The van der Waals surface area contributed by atoms with Crippen LogP contribution in [-0.4, -0.2) is 39.6 Å². The number of nitrogens with two attached hydrogens (primary N) is 2. The summed E-state index contributed by atoms with van der Waals surface area (Å²) in [6, 6.07) is 11.6. The van der Waals surface area contributed by atoms with Crippen molar-refractivity contribution in [2.45, 2.75) is 51.2 Å². The van der Waals surface area contributed by atoms with E-state index in [9.17, 15) is 18.8 Å². The van der Waals surface area contributed by atoms with Gasteiger partial charge in [-0.3, -0.25) is 14.4 Å². The summed E-state index contributed by atoms with van der Waals surface area (Å²) in [6.45, 7) is 2.32. The number of rotatable bonds is 10. The van der Waals surface area contributed by atoms with Crippen molar-refractivity contribution in [2.24, 2.45) is 5.73 Å². The summed E-state index contributed by atoms with van der Waals surface area (Å²) in [5.41, 5.74) is 12.3. The Balaban J connectivity index is 1.78. The second-order valence-electron chi connectivity index (χ2n) is 9.09. The number of nitrogens with one attached hydrogen (secondary N) is 1. The molecule has 0 bridgehead atoms. The first kappa shape index (κ1) is 27.1. The number of halogens is 1. The van der Waals surface area contributed by atoms with Crippen LogP contribution in [0.25, 0.3) is 0 Å². The first-order valence-corrected chi connectivity index (χ1v) is 13.2. The van der Waals surface area contributed by atoms with Crippen LogP contribution < -0.4 is 21.5 Å². The van der Waals surface area contributed by atoms with Gasteiger partial charge in [0.05, 0.1) is 12.3 Å². The molecule has 0 saturated heterocycles. The van der Waals surface area contributed by atoms with E-state index in [2.05, 4.69) is 9.69 Å². The number of benzene rings is 2. The molecule has 1 aliphatic rings. The maximum atomic E-state index is 14.0. The second kappa shape index (κ2) is 12.0. The molecule has 2 aromatic carbocycles. The van der Waals surface area contributed by atoms with Crippen molar-refractivity contribution in [3.05, 3.63) is 76.0 Å². The Hall–Kier alpha value is -3.99. The average molecular weight is 540 g/mol. The molecule has 0 unspecified atom stereocenters. The number of nitrogens with zero attached hydrogens (tertiary/aromatic N) is 2. The molecular formula is C27H30FN5O4S. The average Bonchev–Trinajstić information content (AvgIpc) is 3.55. The lowest BCUT2D eigenvalue weighted by Crippen LogP contribution is -2.45. The molecule has 5 N–H and O–H groups in total. The van der Waals surface area contributed by atoms with Gasteiger partial charge in [0.25, 0.3) is 11.8 Å². The van der Waals surface area contributed by atoms with E-state index in [4.69, 9.17) is 16.2 Å². The summed E-state index contributed by atoms with van der Waals surface area (Å²) in [6.07, 6.45) is 3.75. The number of primary amides is 1. The van der Waals surface area contributed by atoms with Gasteiger partial charge in [0, 0.05) is 12.6 Å². The van der Waals surface area contributed by atoms with Gasteiger partial charge in [-0.2, -0.15) is 4.37 Å². The van der Waals surface area contributed by atoms with Crippen LogP contribution in [0.3, 0.4) is 0 Å². The first-order valence-electron chi connectivity index (χ1n) is 12.4. The molecular weight excluding hydrogens is 509 g/mol. The molecule has 1 heterocycles. The van der Waals surface area contributed by atoms with Gasteiger partial charge in [0.15, 0.2) is 5.69 Å². The van der Waals surface area contributed by atoms with Crippen molar-refractivity contribution >= 4 is 34.9 Å². The third kappa shape index (κ3) is 6.10. The van der Waals surface area contributed by atoms with Gasteiger partial charge in [-0.05, 0) is 66.7 Å². The van der Waals surface area contributed by atoms with Crippen molar-refractivity contribution in [1.29, 1.82) is 0 Å². The minimum atomic E-state index is -1.05. The van der Waals surface area contributed by atoms with Crippen LogP contribution in [0.1, 0.15) is 69.9 Å². The lowest BCUT2D eigenvalue weighted by Gasteiger charge is -2.32. The van der Waals surface area contributed by atoms with Gasteiger partial charge in [0.1, 0.15) is 22.5 Å².